The first-order valence-electron chi connectivity index (χ1n) is 13.3. The molecule has 6 rings (SSSR count). The van der Waals surface area contributed by atoms with Crippen LogP contribution in [0.25, 0.3) is 21.5 Å². The van der Waals surface area contributed by atoms with E-state index in [0.29, 0.717) is 0 Å². The van der Waals surface area contributed by atoms with Crippen molar-refractivity contribution < 1.29 is 4.79 Å². The molecule has 2 nitrogen and oxygen atoms in total. The normalized spacial score (nSPS) is 17.5. The van der Waals surface area contributed by atoms with Crippen LogP contribution in [0.15, 0.2) is 97.1 Å². The molecule has 5 aromatic carbocycles. The van der Waals surface area contributed by atoms with Gasteiger partial charge in [0.25, 0.3) is 0 Å². The van der Waals surface area contributed by atoms with Gasteiger partial charge in [-0.25, -0.2) is 0 Å². The van der Waals surface area contributed by atoms with Crippen LogP contribution in [0, 0.1) is 0 Å². The molecule has 0 N–H and O–H groups in total. The van der Waals surface area contributed by atoms with Gasteiger partial charge in [0.15, 0.2) is 5.78 Å². The summed E-state index contributed by atoms with van der Waals surface area (Å²) < 4.78 is 0. The summed E-state index contributed by atoms with van der Waals surface area (Å²) in [4.78, 5) is 16.7. The largest absolute Gasteiger partial charge is 0.305 e. The Kier molecular flexibility index (Phi) is 6.14. The zero-order chi connectivity index (χ0) is 25.5. The lowest BCUT2D eigenvalue weighted by atomic mass is 9.68. The van der Waals surface area contributed by atoms with Crippen molar-refractivity contribution in [3.05, 3.63) is 130 Å². The number of aryl methyl sites for hydroxylation is 1. The third-order valence-corrected chi connectivity index (χ3v) is 8.04. The molecule has 0 aromatic heterocycles. The number of hydrogen-bond donors (Lipinski definition) is 0. The molecule has 5 aromatic rings. The van der Waals surface area contributed by atoms with Crippen LogP contribution in [-0.4, -0.2) is 24.8 Å². The second kappa shape index (κ2) is 9.61. The van der Waals surface area contributed by atoms with Crippen LogP contribution in [0.5, 0.6) is 0 Å². The van der Waals surface area contributed by atoms with Crippen molar-refractivity contribution in [1.82, 2.24) is 4.90 Å². The fourth-order valence-corrected chi connectivity index (χ4v) is 6.18. The van der Waals surface area contributed by atoms with Gasteiger partial charge in [0.05, 0.1) is 5.92 Å². The Labute approximate surface area is 219 Å². The minimum absolute atomic E-state index is 0.110. The van der Waals surface area contributed by atoms with Gasteiger partial charge in [-0.2, -0.15) is 0 Å². The molecule has 1 aliphatic rings. The highest BCUT2D eigenvalue weighted by Gasteiger charge is 2.38. The standard InChI is InChI=1S/C35H33NO/c1-4-23-9-15-27(16-10-23)33-32(26-13-11-24(12-14-26)22-36(2)3)21-28-18-19-30-29-8-6-5-7-25(29)17-20-31(30)34(28)35(33)37/h5-20,32-33H,4,21-22H2,1-3H3. The van der Waals surface area contributed by atoms with Crippen LogP contribution in [-0.2, 0) is 19.4 Å². The van der Waals surface area contributed by atoms with Crippen molar-refractivity contribution in [3.63, 3.8) is 0 Å². The summed E-state index contributed by atoms with van der Waals surface area (Å²) >= 11 is 0. The maximum atomic E-state index is 14.5. The molecule has 37 heavy (non-hydrogen) atoms. The highest BCUT2D eigenvalue weighted by Crippen LogP contribution is 2.45. The number of ketones is 1. The highest BCUT2D eigenvalue weighted by atomic mass is 16.1. The quantitative estimate of drug-likeness (QED) is 0.237. The number of benzene rings is 5. The van der Waals surface area contributed by atoms with Gasteiger partial charge >= 0.3 is 0 Å². The van der Waals surface area contributed by atoms with Gasteiger partial charge in [-0.15, -0.1) is 0 Å². The van der Waals surface area contributed by atoms with E-state index in [4.69, 9.17) is 0 Å². The lowest BCUT2D eigenvalue weighted by Crippen LogP contribution is -2.29. The van der Waals surface area contributed by atoms with E-state index in [-0.39, 0.29) is 17.6 Å². The van der Waals surface area contributed by atoms with Crippen LogP contribution in [0.3, 0.4) is 0 Å². The van der Waals surface area contributed by atoms with Gasteiger partial charge in [-0.05, 0) is 76.3 Å². The summed E-state index contributed by atoms with van der Waals surface area (Å²) in [5.74, 6) is 0.155. The van der Waals surface area contributed by atoms with E-state index in [9.17, 15) is 4.79 Å². The van der Waals surface area contributed by atoms with Crippen LogP contribution in [0.2, 0.25) is 0 Å². The van der Waals surface area contributed by atoms with Crippen molar-refractivity contribution >= 4 is 27.3 Å². The van der Waals surface area contributed by atoms with E-state index in [0.717, 1.165) is 46.8 Å². The van der Waals surface area contributed by atoms with Gasteiger partial charge in [-0.3, -0.25) is 4.79 Å². The average Bonchev–Trinajstić information content (AvgIpc) is 2.92. The number of nitrogens with zero attached hydrogens (tertiary/aromatic N) is 1. The lowest BCUT2D eigenvalue weighted by Gasteiger charge is -2.34. The van der Waals surface area contributed by atoms with Gasteiger partial charge in [0.2, 0.25) is 0 Å². The summed E-state index contributed by atoms with van der Waals surface area (Å²) in [5, 5.41) is 4.66. The van der Waals surface area contributed by atoms with Crippen molar-refractivity contribution in [1.29, 1.82) is 0 Å². The lowest BCUT2D eigenvalue weighted by molar-refractivity contribution is 0.0937. The predicted octanol–water partition coefficient (Wildman–Crippen LogP) is 7.92. The molecular weight excluding hydrogens is 450 g/mol. The van der Waals surface area contributed by atoms with E-state index in [1.54, 1.807) is 0 Å². The minimum Gasteiger partial charge on any atom is -0.305 e. The van der Waals surface area contributed by atoms with E-state index >= 15 is 0 Å². The van der Waals surface area contributed by atoms with Crippen LogP contribution in [0.1, 0.15) is 56.9 Å². The molecule has 0 spiro atoms. The molecule has 2 unspecified atom stereocenters. The van der Waals surface area contributed by atoms with E-state index in [1.165, 1.54) is 27.5 Å². The van der Waals surface area contributed by atoms with Crippen LogP contribution < -0.4 is 0 Å². The second-order valence-corrected chi connectivity index (χ2v) is 10.7. The number of fused-ring (bicyclic) bond motifs is 5. The fourth-order valence-electron chi connectivity index (χ4n) is 6.18. The average molecular weight is 484 g/mol. The van der Waals surface area contributed by atoms with Gasteiger partial charge in [-0.1, -0.05) is 104 Å². The summed E-state index contributed by atoms with van der Waals surface area (Å²) in [6.45, 7) is 3.08. The summed E-state index contributed by atoms with van der Waals surface area (Å²) in [6.07, 6.45) is 1.85. The smallest absolute Gasteiger partial charge is 0.171 e. The Bertz CT molecular complexity index is 1600. The monoisotopic (exact) mass is 483 g/mol. The maximum Gasteiger partial charge on any atom is 0.171 e. The summed E-state index contributed by atoms with van der Waals surface area (Å²) in [7, 11) is 4.18. The summed E-state index contributed by atoms with van der Waals surface area (Å²) in [6, 6.07) is 34.8. The molecule has 2 heteroatoms. The first kappa shape index (κ1) is 23.6. The SMILES string of the molecule is CCc1ccc(C2C(=O)c3c(ccc4c3ccc3ccccc34)CC2c2ccc(CN(C)C)cc2)cc1. The topological polar surface area (TPSA) is 20.3 Å². The van der Waals surface area contributed by atoms with E-state index in [2.05, 4.69) is 123 Å². The van der Waals surface area contributed by atoms with E-state index < -0.39 is 0 Å². The molecule has 0 saturated carbocycles. The second-order valence-electron chi connectivity index (χ2n) is 10.7. The molecule has 0 radical (unpaired) electrons. The van der Waals surface area contributed by atoms with Gasteiger partial charge < -0.3 is 4.90 Å². The highest BCUT2D eigenvalue weighted by molar-refractivity contribution is 6.18. The van der Waals surface area contributed by atoms with Crippen molar-refractivity contribution in [2.75, 3.05) is 14.1 Å². The molecule has 0 saturated heterocycles. The molecule has 0 aliphatic heterocycles. The summed E-state index contributed by atoms with van der Waals surface area (Å²) in [5.41, 5.74) is 7.02. The van der Waals surface area contributed by atoms with E-state index in [1.807, 2.05) is 0 Å². The number of carbonyl (C=O) groups is 1. The molecule has 0 bridgehead atoms. The Balaban J connectivity index is 1.51. The number of hydrogen-bond acceptors (Lipinski definition) is 2. The zero-order valence-corrected chi connectivity index (χ0v) is 21.9. The molecule has 184 valence electrons. The third-order valence-electron chi connectivity index (χ3n) is 8.04. The van der Waals surface area contributed by atoms with Gasteiger partial charge in [0, 0.05) is 18.0 Å². The first-order valence-corrected chi connectivity index (χ1v) is 13.3. The van der Waals surface area contributed by atoms with Crippen molar-refractivity contribution in [2.45, 2.75) is 38.1 Å². The third kappa shape index (κ3) is 4.26. The van der Waals surface area contributed by atoms with Crippen LogP contribution in [0.4, 0.5) is 0 Å². The Morgan fingerprint density at radius 3 is 2.11 bits per heavy atom. The number of rotatable bonds is 5. The molecule has 0 amide bonds. The zero-order valence-electron chi connectivity index (χ0n) is 21.9. The molecule has 2 atom stereocenters. The first-order chi connectivity index (χ1) is 18.0. The Morgan fingerprint density at radius 2 is 1.38 bits per heavy atom. The molecule has 1 aliphatic carbocycles. The van der Waals surface area contributed by atoms with Gasteiger partial charge in [0.1, 0.15) is 0 Å². The molecular formula is C35H33NO. The Morgan fingerprint density at radius 1 is 0.703 bits per heavy atom. The Hall–Kier alpha value is -3.75. The van der Waals surface area contributed by atoms with Crippen molar-refractivity contribution in [2.24, 2.45) is 0 Å². The minimum atomic E-state index is -0.199. The van der Waals surface area contributed by atoms with Crippen molar-refractivity contribution in [3.8, 4) is 0 Å². The maximum absolute atomic E-state index is 14.5. The van der Waals surface area contributed by atoms with Crippen LogP contribution >= 0.6 is 0 Å². The molecule has 0 heterocycles. The fraction of sp³-hybridized carbons (Fsp3) is 0.229. The molecule has 0 fully saturated rings. The number of Topliss-reactive ketones (excluding diaryl/α,β-unsaturated/α-hetero) is 1. The number of carbonyl (C=O) groups excluding carboxylic acids is 1. The predicted molar refractivity (Wildman–Crippen MR) is 155 cm³/mol.